The number of pyridine rings is 1. The first kappa shape index (κ1) is 15.1. The molecule has 0 aromatic carbocycles. The maximum absolute atomic E-state index is 11.8. The Labute approximate surface area is 121 Å². The predicted molar refractivity (Wildman–Crippen MR) is 73.4 cm³/mol. The average molecular weight is 310 g/mol. The molecule has 0 bridgehead atoms. The molecule has 0 saturated heterocycles. The molecule has 0 saturated carbocycles. The minimum Gasteiger partial charge on any atom is -0.462 e. The Morgan fingerprint density at radius 3 is 2.76 bits per heavy atom. The second kappa shape index (κ2) is 5.62. The fourth-order valence-electron chi connectivity index (χ4n) is 1.76. The van der Waals surface area contributed by atoms with Crippen molar-refractivity contribution in [3.8, 4) is 5.82 Å². The molecule has 21 heavy (non-hydrogen) atoms. The predicted octanol–water partition coefficient (Wildman–Crippen LogP) is 0.400. The van der Waals surface area contributed by atoms with E-state index >= 15 is 0 Å². The van der Waals surface area contributed by atoms with E-state index in [-0.39, 0.29) is 18.0 Å². The van der Waals surface area contributed by atoms with E-state index in [1.165, 1.54) is 6.20 Å². The Hall–Kier alpha value is -2.26. The fraction of sp³-hybridized carbons (Fsp3) is 0.250. The summed E-state index contributed by atoms with van der Waals surface area (Å²) in [6, 6.07) is 3.37. The number of nitrogens with zero attached hydrogens (tertiary/aromatic N) is 3. The smallest absolute Gasteiger partial charge is 0.342 e. The number of carbonyl (C=O) groups is 1. The third kappa shape index (κ3) is 3.09. The zero-order valence-corrected chi connectivity index (χ0v) is 12.3. The second-order valence-electron chi connectivity index (χ2n) is 4.23. The Morgan fingerprint density at radius 1 is 1.48 bits per heavy atom. The maximum Gasteiger partial charge on any atom is 0.342 e. The lowest BCUT2D eigenvalue weighted by Gasteiger charge is -2.07. The molecule has 0 aliphatic heterocycles. The van der Waals surface area contributed by atoms with Gasteiger partial charge in [-0.2, -0.15) is 5.10 Å². The van der Waals surface area contributed by atoms with Crippen LogP contribution in [-0.2, 0) is 14.8 Å². The lowest BCUT2D eigenvalue weighted by molar-refractivity contribution is 0.0521. The lowest BCUT2D eigenvalue weighted by atomic mass is 10.3. The van der Waals surface area contributed by atoms with E-state index in [0.717, 1.165) is 16.4 Å². The summed E-state index contributed by atoms with van der Waals surface area (Å²) in [7, 11) is -4.19. The van der Waals surface area contributed by atoms with Gasteiger partial charge in [0.25, 0.3) is 10.0 Å². The van der Waals surface area contributed by atoms with Crippen molar-refractivity contribution in [2.45, 2.75) is 18.9 Å². The number of nitrogens with two attached hydrogens (primary N) is 1. The highest BCUT2D eigenvalue weighted by molar-refractivity contribution is 7.89. The third-order valence-corrected chi connectivity index (χ3v) is 3.54. The van der Waals surface area contributed by atoms with Gasteiger partial charge >= 0.3 is 5.97 Å². The first-order valence-electron chi connectivity index (χ1n) is 6.05. The normalized spacial score (nSPS) is 11.4. The molecule has 2 aromatic rings. The van der Waals surface area contributed by atoms with E-state index in [0.29, 0.717) is 0 Å². The molecule has 0 unspecified atom stereocenters. The summed E-state index contributed by atoms with van der Waals surface area (Å²) in [5.74, 6) is -0.560. The number of esters is 1. The first-order valence-corrected chi connectivity index (χ1v) is 7.60. The molecular weight excluding hydrogens is 296 g/mol. The molecule has 0 amide bonds. The molecule has 0 aliphatic rings. The van der Waals surface area contributed by atoms with Gasteiger partial charge in [-0.1, -0.05) is 0 Å². The van der Waals surface area contributed by atoms with Crippen LogP contribution >= 0.6 is 0 Å². The Bertz CT molecular complexity index is 782. The molecule has 0 atom stereocenters. The van der Waals surface area contributed by atoms with Gasteiger partial charge in [0.1, 0.15) is 5.56 Å². The number of sulfonamides is 1. The second-order valence-corrected chi connectivity index (χ2v) is 5.71. The largest absolute Gasteiger partial charge is 0.462 e. The van der Waals surface area contributed by atoms with Crippen LogP contribution in [0.5, 0.6) is 0 Å². The summed E-state index contributed by atoms with van der Waals surface area (Å²) in [6.45, 7) is 3.54. The highest BCUT2D eigenvalue weighted by atomic mass is 32.2. The van der Waals surface area contributed by atoms with Crippen LogP contribution in [0.15, 0.2) is 29.6 Å². The highest BCUT2D eigenvalue weighted by Crippen LogP contribution is 2.19. The van der Waals surface area contributed by atoms with Crippen LogP contribution < -0.4 is 5.14 Å². The van der Waals surface area contributed by atoms with Crippen molar-refractivity contribution in [1.82, 2.24) is 14.8 Å². The van der Waals surface area contributed by atoms with Crippen molar-refractivity contribution >= 4 is 16.0 Å². The summed E-state index contributed by atoms with van der Waals surface area (Å²) in [6.07, 6.45) is 2.60. The van der Waals surface area contributed by atoms with Gasteiger partial charge in [-0.25, -0.2) is 28.0 Å². The SMILES string of the molecule is CCOC(=O)c1cnn(-c2cc(C)ccn2)c1S(N)(=O)=O. The summed E-state index contributed by atoms with van der Waals surface area (Å²) in [4.78, 5) is 15.8. The summed E-state index contributed by atoms with van der Waals surface area (Å²) < 4.78 is 29.4. The summed E-state index contributed by atoms with van der Waals surface area (Å²) >= 11 is 0. The number of aryl methyl sites for hydroxylation is 1. The van der Waals surface area contributed by atoms with E-state index in [4.69, 9.17) is 9.88 Å². The number of carbonyl (C=O) groups excluding carboxylic acids is 1. The van der Waals surface area contributed by atoms with E-state index in [1.54, 1.807) is 19.1 Å². The molecule has 0 radical (unpaired) electrons. The molecule has 0 aliphatic carbocycles. The van der Waals surface area contributed by atoms with Gasteiger partial charge < -0.3 is 4.74 Å². The number of rotatable bonds is 4. The van der Waals surface area contributed by atoms with Crippen molar-refractivity contribution in [3.05, 3.63) is 35.7 Å². The average Bonchev–Trinajstić information content (AvgIpc) is 2.83. The number of hydrogen-bond acceptors (Lipinski definition) is 6. The molecular formula is C12H14N4O4S. The van der Waals surface area contributed by atoms with Crippen molar-refractivity contribution in [3.63, 3.8) is 0 Å². The Kier molecular flexibility index (Phi) is 4.05. The van der Waals surface area contributed by atoms with Crippen LogP contribution in [0.25, 0.3) is 5.82 Å². The summed E-state index contributed by atoms with van der Waals surface area (Å²) in [5.41, 5.74) is 0.635. The highest BCUT2D eigenvalue weighted by Gasteiger charge is 2.27. The van der Waals surface area contributed by atoms with Crippen molar-refractivity contribution < 1.29 is 17.9 Å². The van der Waals surface area contributed by atoms with Gasteiger partial charge in [0.05, 0.1) is 12.8 Å². The van der Waals surface area contributed by atoms with Gasteiger partial charge in [0.15, 0.2) is 10.8 Å². The van der Waals surface area contributed by atoms with Gasteiger partial charge in [-0.3, -0.25) is 0 Å². The quantitative estimate of drug-likeness (QED) is 0.817. The topological polar surface area (TPSA) is 117 Å². The first-order chi connectivity index (χ1) is 9.84. The molecule has 2 rings (SSSR count). The third-order valence-electron chi connectivity index (χ3n) is 2.61. The van der Waals surface area contributed by atoms with E-state index < -0.39 is 21.0 Å². The Morgan fingerprint density at radius 2 is 2.19 bits per heavy atom. The molecule has 9 heteroatoms. The van der Waals surface area contributed by atoms with Gasteiger partial charge in [0.2, 0.25) is 0 Å². The van der Waals surface area contributed by atoms with Crippen molar-refractivity contribution in [1.29, 1.82) is 0 Å². The molecule has 2 aromatic heterocycles. The molecule has 0 spiro atoms. The minimum atomic E-state index is -4.19. The number of primary sulfonamides is 1. The van der Waals surface area contributed by atoms with Crippen molar-refractivity contribution in [2.24, 2.45) is 5.14 Å². The number of aromatic nitrogens is 3. The van der Waals surface area contributed by atoms with Crippen LogP contribution in [-0.4, -0.2) is 35.8 Å². The minimum absolute atomic E-state index is 0.108. The fourth-order valence-corrected chi connectivity index (χ4v) is 2.58. The number of ether oxygens (including phenoxy) is 1. The molecule has 112 valence electrons. The zero-order chi connectivity index (χ0) is 15.6. The van der Waals surface area contributed by atoms with Crippen LogP contribution in [0.4, 0.5) is 0 Å². The lowest BCUT2D eigenvalue weighted by Crippen LogP contribution is -2.21. The van der Waals surface area contributed by atoms with Crippen LogP contribution in [0.2, 0.25) is 0 Å². The zero-order valence-electron chi connectivity index (χ0n) is 11.5. The van der Waals surface area contributed by atoms with Crippen molar-refractivity contribution in [2.75, 3.05) is 6.61 Å². The molecule has 8 nitrogen and oxygen atoms in total. The molecule has 2 N–H and O–H groups in total. The van der Waals surface area contributed by atoms with Gasteiger partial charge in [-0.15, -0.1) is 0 Å². The Balaban J connectivity index is 2.66. The molecule has 2 heterocycles. The van der Waals surface area contributed by atoms with E-state index in [2.05, 4.69) is 10.1 Å². The summed E-state index contributed by atoms with van der Waals surface area (Å²) in [5, 5.41) is 8.63. The van der Waals surface area contributed by atoms with Gasteiger partial charge in [0, 0.05) is 6.20 Å². The van der Waals surface area contributed by atoms with Crippen LogP contribution in [0, 0.1) is 6.92 Å². The van der Waals surface area contributed by atoms with Gasteiger partial charge in [-0.05, 0) is 31.5 Å². The monoisotopic (exact) mass is 310 g/mol. The van der Waals surface area contributed by atoms with E-state index in [9.17, 15) is 13.2 Å². The number of hydrogen-bond donors (Lipinski definition) is 1. The molecule has 0 fully saturated rings. The van der Waals surface area contributed by atoms with Crippen LogP contribution in [0.3, 0.4) is 0 Å². The van der Waals surface area contributed by atoms with E-state index in [1.807, 2.05) is 6.92 Å². The standard InChI is InChI=1S/C12H14N4O4S/c1-3-20-12(17)9-7-15-16(11(9)21(13,18)19)10-6-8(2)4-5-14-10/h4-7H,3H2,1-2H3,(H2,13,18,19). The van der Waals surface area contributed by atoms with Crippen LogP contribution in [0.1, 0.15) is 22.8 Å². The maximum atomic E-state index is 11.8.